The molecule has 0 atom stereocenters. The second-order valence-electron chi connectivity index (χ2n) is 4.68. The predicted octanol–water partition coefficient (Wildman–Crippen LogP) is 4.29. The van der Waals surface area contributed by atoms with Gasteiger partial charge in [-0.05, 0) is 48.2 Å². The van der Waals surface area contributed by atoms with Crippen LogP contribution in [0.3, 0.4) is 0 Å². The van der Waals surface area contributed by atoms with Gasteiger partial charge in [0.05, 0.1) is 11.6 Å². The number of nitrogens with zero attached hydrogens (tertiary/aromatic N) is 2. The lowest BCUT2D eigenvalue weighted by Gasteiger charge is -2.07. The molecule has 4 heteroatoms. The molecule has 3 rings (SSSR count). The second kappa shape index (κ2) is 4.64. The van der Waals surface area contributed by atoms with Gasteiger partial charge in [0.15, 0.2) is 0 Å². The van der Waals surface area contributed by atoms with Gasteiger partial charge in [-0.2, -0.15) is 5.26 Å². The minimum atomic E-state index is -0.414. The van der Waals surface area contributed by atoms with Gasteiger partial charge >= 0.3 is 0 Å². The molecule has 1 aromatic carbocycles. The number of pyridine rings is 1. The van der Waals surface area contributed by atoms with Gasteiger partial charge in [0, 0.05) is 11.6 Å². The average molecular weight is 273 g/mol. The van der Waals surface area contributed by atoms with E-state index >= 15 is 0 Å². The molecule has 1 saturated carbocycles. The Labute approximate surface area is 115 Å². The first-order valence-corrected chi connectivity index (χ1v) is 6.42. The van der Waals surface area contributed by atoms with Gasteiger partial charge in [0.2, 0.25) is 0 Å². The van der Waals surface area contributed by atoms with E-state index in [2.05, 4.69) is 4.98 Å². The van der Waals surface area contributed by atoms with E-state index in [4.69, 9.17) is 16.9 Å². The van der Waals surface area contributed by atoms with E-state index in [1.165, 1.54) is 12.1 Å². The molecule has 2 nitrogen and oxygen atoms in total. The third-order valence-corrected chi connectivity index (χ3v) is 3.42. The van der Waals surface area contributed by atoms with E-state index in [-0.39, 0.29) is 0 Å². The molecule has 0 aliphatic heterocycles. The van der Waals surface area contributed by atoms with Crippen molar-refractivity contribution in [1.82, 2.24) is 4.98 Å². The highest BCUT2D eigenvalue weighted by Crippen LogP contribution is 2.41. The van der Waals surface area contributed by atoms with E-state index in [1.54, 1.807) is 12.1 Å². The number of hydrogen-bond donors (Lipinski definition) is 0. The maximum atomic E-state index is 13.2. The van der Waals surface area contributed by atoms with Gasteiger partial charge in [-0.3, -0.25) is 0 Å². The van der Waals surface area contributed by atoms with Crippen LogP contribution < -0.4 is 0 Å². The summed E-state index contributed by atoms with van der Waals surface area (Å²) in [7, 11) is 0. The highest BCUT2D eigenvalue weighted by atomic mass is 35.5. The van der Waals surface area contributed by atoms with Crippen LogP contribution in [-0.4, -0.2) is 4.98 Å². The molecule has 19 heavy (non-hydrogen) atoms. The molecule has 0 bridgehead atoms. The molecule has 0 saturated heterocycles. The normalized spacial score (nSPS) is 14.2. The number of benzene rings is 1. The number of rotatable bonds is 2. The lowest BCUT2D eigenvalue weighted by molar-refractivity contribution is 0.627. The van der Waals surface area contributed by atoms with Crippen molar-refractivity contribution in [2.75, 3.05) is 0 Å². The van der Waals surface area contributed by atoms with Gasteiger partial charge in [-0.25, -0.2) is 9.37 Å². The highest BCUT2D eigenvalue weighted by molar-refractivity contribution is 6.29. The van der Waals surface area contributed by atoms with Crippen LogP contribution in [0.15, 0.2) is 30.3 Å². The van der Waals surface area contributed by atoms with Crippen LogP contribution in [0.1, 0.15) is 30.0 Å². The van der Waals surface area contributed by atoms with Gasteiger partial charge in [0.1, 0.15) is 11.0 Å². The molecule has 1 aliphatic rings. The zero-order valence-corrected chi connectivity index (χ0v) is 10.8. The Bertz CT molecular complexity index is 687. The van der Waals surface area contributed by atoms with Crippen LogP contribution in [0, 0.1) is 17.1 Å². The lowest BCUT2D eigenvalue weighted by atomic mass is 10.00. The van der Waals surface area contributed by atoms with Crippen LogP contribution in [0.5, 0.6) is 0 Å². The van der Waals surface area contributed by atoms with Gasteiger partial charge in [-0.15, -0.1) is 0 Å². The molecule has 1 aliphatic carbocycles. The number of aromatic nitrogens is 1. The average Bonchev–Trinajstić information content (AvgIpc) is 3.22. The topological polar surface area (TPSA) is 36.7 Å². The van der Waals surface area contributed by atoms with Crippen LogP contribution in [0.4, 0.5) is 4.39 Å². The molecule has 0 radical (unpaired) electrons. The quantitative estimate of drug-likeness (QED) is 0.765. The first-order valence-electron chi connectivity index (χ1n) is 6.05. The fourth-order valence-corrected chi connectivity index (χ4v) is 2.34. The third-order valence-electron chi connectivity index (χ3n) is 3.22. The third kappa shape index (κ3) is 2.45. The van der Waals surface area contributed by atoms with Crippen molar-refractivity contribution in [2.45, 2.75) is 18.8 Å². The summed E-state index contributed by atoms with van der Waals surface area (Å²) >= 11 is 6.03. The number of nitriles is 1. The molecule has 1 fully saturated rings. The predicted molar refractivity (Wildman–Crippen MR) is 71.3 cm³/mol. The van der Waals surface area contributed by atoms with E-state index in [9.17, 15) is 4.39 Å². The highest BCUT2D eigenvalue weighted by Gasteiger charge is 2.26. The Morgan fingerprint density at radius 3 is 2.74 bits per heavy atom. The summed E-state index contributed by atoms with van der Waals surface area (Å²) in [5.74, 6) is 0.0614. The van der Waals surface area contributed by atoms with Crippen LogP contribution in [0.2, 0.25) is 5.15 Å². The Hall–Kier alpha value is -1.92. The molecule has 0 spiro atoms. The van der Waals surface area contributed by atoms with Crippen molar-refractivity contribution in [2.24, 2.45) is 0 Å². The van der Waals surface area contributed by atoms with E-state index < -0.39 is 5.82 Å². The molecule has 0 N–H and O–H groups in total. The molecule has 2 aromatic rings. The largest absolute Gasteiger partial charge is 0.241 e. The van der Waals surface area contributed by atoms with Crippen molar-refractivity contribution in [3.63, 3.8) is 0 Å². The molecule has 1 heterocycles. The fourth-order valence-electron chi connectivity index (χ4n) is 2.12. The summed E-state index contributed by atoms with van der Waals surface area (Å²) in [4.78, 5) is 4.30. The summed E-state index contributed by atoms with van der Waals surface area (Å²) in [6.07, 6.45) is 2.25. The Morgan fingerprint density at radius 1 is 1.26 bits per heavy atom. The summed E-state index contributed by atoms with van der Waals surface area (Å²) in [6, 6.07) is 9.86. The summed E-state index contributed by atoms with van der Waals surface area (Å²) in [5.41, 5.74) is 2.77. The lowest BCUT2D eigenvalue weighted by Crippen LogP contribution is -1.92. The fraction of sp³-hybridized carbons (Fsp3) is 0.200. The first kappa shape index (κ1) is 12.1. The first-order chi connectivity index (χ1) is 9.17. The SMILES string of the molecule is N#Cc1cc(F)ccc1-c1cc(Cl)nc(C2CC2)c1. The molecule has 0 unspecified atom stereocenters. The zero-order valence-electron chi connectivity index (χ0n) is 10.0. The van der Waals surface area contributed by atoms with Gasteiger partial charge in [-0.1, -0.05) is 17.7 Å². The van der Waals surface area contributed by atoms with E-state index in [1.807, 2.05) is 12.1 Å². The number of halogens is 2. The molecule has 0 amide bonds. The number of hydrogen-bond acceptors (Lipinski definition) is 2. The summed E-state index contributed by atoms with van der Waals surface area (Å²) in [6.45, 7) is 0. The standard InChI is InChI=1S/C15H10ClFN2/c16-15-7-10(6-14(19-15)9-1-2-9)13-4-3-12(17)5-11(13)8-18/h3-7,9H,1-2H2. The van der Waals surface area contributed by atoms with Crippen molar-refractivity contribution in [3.05, 3.63) is 52.6 Å². The van der Waals surface area contributed by atoms with E-state index in [0.717, 1.165) is 24.1 Å². The Kier molecular flexibility index (Phi) is 2.96. The summed E-state index contributed by atoms with van der Waals surface area (Å²) in [5, 5.41) is 9.51. The van der Waals surface area contributed by atoms with E-state index in [0.29, 0.717) is 22.2 Å². The molecular weight excluding hydrogens is 263 g/mol. The van der Waals surface area contributed by atoms with Crippen molar-refractivity contribution < 1.29 is 4.39 Å². The van der Waals surface area contributed by atoms with Gasteiger partial charge in [0.25, 0.3) is 0 Å². The smallest absolute Gasteiger partial charge is 0.129 e. The summed E-state index contributed by atoms with van der Waals surface area (Å²) < 4.78 is 13.2. The van der Waals surface area contributed by atoms with Gasteiger partial charge < -0.3 is 0 Å². The Balaban J connectivity index is 2.14. The maximum Gasteiger partial charge on any atom is 0.129 e. The monoisotopic (exact) mass is 272 g/mol. The minimum Gasteiger partial charge on any atom is -0.241 e. The van der Waals surface area contributed by atoms with Crippen molar-refractivity contribution in [3.8, 4) is 17.2 Å². The molecule has 1 aromatic heterocycles. The van der Waals surface area contributed by atoms with Crippen LogP contribution in [-0.2, 0) is 0 Å². The zero-order chi connectivity index (χ0) is 13.4. The molecular formula is C15H10ClFN2. The van der Waals surface area contributed by atoms with Crippen molar-refractivity contribution >= 4 is 11.6 Å². The van der Waals surface area contributed by atoms with Crippen LogP contribution >= 0.6 is 11.6 Å². The molecule has 94 valence electrons. The Morgan fingerprint density at radius 2 is 2.05 bits per heavy atom. The van der Waals surface area contributed by atoms with Crippen LogP contribution in [0.25, 0.3) is 11.1 Å². The van der Waals surface area contributed by atoms with Crippen molar-refractivity contribution in [1.29, 1.82) is 5.26 Å². The maximum absolute atomic E-state index is 13.2. The second-order valence-corrected chi connectivity index (χ2v) is 5.07. The minimum absolute atomic E-state index is 0.309.